The Hall–Kier alpha value is -4.29. The van der Waals surface area contributed by atoms with Crippen LogP contribution in [0.2, 0.25) is 0 Å². The Morgan fingerprint density at radius 1 is 1.03 bits per heavy atom. The van der Waals surface area contributed by atoms with Crippen LogP contribution in [0.3, 0.4) is 0 Å². The minimum Gasteiger partial charge on any atom is -0.493 e. The minimum absolute atomic E-state index is 0.147. The van der Waals surface area contributed by atoms with Gasteiger partial charge in [0, 0.05) is 46.9 Å². The highest BCUT2D eigenvalue weighted by molar-refractivity contribution is 9.10. The molecule has 0 aliphatic carbocycles. The number of cyclic esters (lactones) is 2. The predicted molar refractivity (Wildman–Crippen MR) is 146 cm³/mol. The van der Waals surface area contributed by atoms with E-state index in [1.165, 1.54) is 21.0 Å². The summed E-state index contributed by atoms with van der Waals surface area (Å²) < 4.78 is 23.3. The zero-order valence-electron chi connectivity index (χ0n) is 21.5. The van der Waals surface area contributed by atoms with Crippen LogP contribution in [0.4, 0.5) is 0 Å². The van der Waals surface area contributed by atoms with Crippen molar-refractivity contribution < 1.29 is 28.5 Å². The summed E-state index contributed by atoms with van der Waals surface area (Å²) in [5, 5.41) is 10.3. The van der Waals surface area contributed by atoms with Crippen LogP contribution in [0.1, 0.15) is 42.0 Å². The maximum absolute atomic E-state index is 13.3. The van der Waals surface area contributed by atoms with Gasteiger partial charge in [-0.3, -0.25) is 9.59 Å². The lowest BCUT2D eigenvalue weighted by atomic mass is 9.79. The highest BCUT2D eigenvalue weighted by Gasteiger charge is 2.49. The van der Waals surface area contributed by atoms with Gasteiger partial charge in [-0.2, -0.15) is 5.26 Å². The van der Waals surface area contributed by atoms with Crippen LogP contribution in [0, 0.1) is 17.2 Å². The van der Waals surface area contributed by atoms with Crippen LogP contribution in [-0.4, -0.2) is 29.8 Å². The number of carbonyl (C=O) groups excluding carboxylic acids is 2. The average molecular weight is 589 g/mol. The molecule has 39 heavy (non-hydrogen) atoms. The topological polar surface area (TPSA) is 111 Å². The van der Waals surface area contributed by atoms with Gasteiger partial charge in [0.2, 0.25) is 0 Å². The number of aromatic amines is 1. The molecule has 5 rings (SSSR count). The molecule has 1 aliphatic rings. The van der Waals surface area contributed by atoms with Crippen molar-refractivity contribution in [1.29, 1.82) is 5.26 Å². The maximum atomic E-state index is 13.3. The second-order valence-corrected chi connectivity index (χ2v) is 10.4. The number of esters is 2. The number of aromatic nitrogens is 1. The molecule has 1 aliphatic heterocycles. The van der Waals surface area contributed by atoms with Crippen molar-refractivity contribution in [1.82, 2.24) is 4.98 Å². The van der Waals surface area contributed by atoms with Crippen molar-refractivity contribution in [3.63, 3.8) is 0 Å². The third-order valence-electron chi connectivity index (χ3n) is 6.63. The monoisotopic (exact) mass is 588 g/mol. The van der Waals surface area contributed by atoms with Gasteiger partial charge < -0.3 is 23.9 Å². The third kappa shape index (κ3) is 5.08. The zero-order chi connectivity index (χ0) is 27.7. The molecular weight excluding hydrogens is 564 g/mol. The van der Waals surface area contributed by atoms with Crippen LogP contribution in [0.5, 0.6) is 11.5 Å². The van der Waals surface area contributed by atoms with E-state index in [0.717, 1.165) is 22.0 Å². The lowest BCUT2D eigenvalue weighted by Crippen LogP contribution is -2.48. The number of carbonyl (C=O) groups is 2. The standard InChI is InChI=1S/C30H25BrN2O6/c1-30(2)38-28(34)27(29(35)39-30)26(21-15-33-23-11-7-6-10-19(21)23)20-12-24(36-3)25(13-22(20)31)37-16-18-9-5-4-8-17(18)14-32/h4-13,15,26-27,33H,16H2,1-3H3/t26-/m0/s1. The molecule has 0 amide bonds. The quantitative estimate of drug-likeness (QED) is 0.209. The highest BCUT2D eigenvalue weighted by Crippen LogP contribution is 2.46. The van der Waals surface area contributed by atoms with E-state index in [0.29, 0.717) is 27.1 Å². The summed E-state index contributed by atoms with van der Waals surface area (Å²) in [6, 6.07) is 20.5. The fourth-order valence-corrected chi connectivity index (χ4v) is 5.42. The zero-order valence-corrected chi connectivity index (χ0v) is 23.1. The fourth-order valence-electron chi connectivity index (χ4n) is 4.85. The van der Waals surface area contributed by atoms with Gasteiger partial charge in [-0.05, 0) is 35.4 Å². The number of hydrogen-bond acceptors (Lipinski definition) is 7. The van der Waals surface area contributed by atoms with Crippen molar-refractivity contribution in [2.24, 2.45) is 5.92 Å². The van der Waals surface area contributed by atoms with Crippen molar-refractivity contribution in [2.45, 2.75) is 32.2 Å². The normalized spacial score (nSPS) is 15.8. The SMILES string of the molecule is COc1cc([C@@H](c2c[nH]c3ccccc23)C2C(=O)OC(C)(C)OC2=O)c(Br)cc1OCc1ccccc1C#N. The number of fused-ring (bicyclic) bond motifs is 1. The second-order valence-electron chi connectivity index (χ2n) is 9.57. The van der Waals surface area contributed by atoms with Gasteiger partial charge in [0.25, 0.3) is 5.79 Å². The van der Waals surface area contributed by atoms with E-state index < -0.39 is 29.6 Å². The van der Waals surface area contributed by atoms with Crippen LogP contribution in [0.25, 0.3) is 10.9 Å². The minimum atomic E-state index is -1.36. The first-order valence-electron chi connectivity index (χ1n) is 12.2. The molecule has 3 aromatic carbocycles. The van der Waals surface area contributed by atoms with Gasteiger partial charge in [-0.15, -0.1) is 0 Å². The highest BCUT2D eigenvalue weighted by atomic mass is 79.9. The molecule has 2 heterocycles. The second kappa shape index (κ2) is 10.5. The molecular formula is C30H25BrN2O6. The van der Waals surface area contributed by atoms with Gasteiger partial charge in [-0.25, -0.2) is 0 Å². The Bertz CT molecular complexity index is 1600. The Balaban J connectivity index is 1.60. The Labute approximate surface area is 233 Å². The van der Waals surface area contributed by atoms with E-state index in [-0.39, 0.29) is 6.61 Å². The van der Waals surface area contributed by atoms with Crippen molar-refractivity contribution >= 4 is 38.8 Å². The summed E-state index contributed by atoms with van der Waals surface area (Å²) >= 11 is 3.64. The molecule has 9 heteroatoms. The molecule has 0 radical (unpaired) electrons. The summed E-state index contributed by atoms with van der Waals surface area (Å²) in [6.07, 6.45) is 1.79. The molecule has 1 saturated heterocycles. The number of rotatable bonds is 7. The molecule has 1 atom stereocenters. The number of methoxy groups -OCH3 is 1. The molecule has 0 unspecified atom stereocenters. The first-order chi connectivity index (χ1) is 18.7. The molecule has 1 N–H and O–H groups in total. The first-order valence-corrected chi connectivity index (χ1v) is 13.0. The molecule has 8 nitrogen and oxygen atoms in total. The van der Waals surface area contributed by atoms with Crippen molar-refractivity contribution in [3.8, 4) is 17.6 Å². The number of para-hydroxylation sites is 1. The van der Waals surface area contributed by atoms with E-state index in [2.05, 4.69) is 27.0 Å². The number of ether oxygens (including phenoxy) is 4. The summed E-state index contributed by atoms with van der Waals surface area (Å²) in [6.45, 7) is 3.19. The van der Waals surface area contributed by atoms with E-state index in [9.17, 15) is 14.9 Å². The first kappa shape index (κ1) is 26.3. The average Bonchev–Trinajstić information content (AvgIpc) is 3.33. The van der Waals surface area contributed by atoms with E-state index >= 15 is 0 Å². The molecule has 0 spiro atoms. The molecule has 1 fully saturated rings. The number of hydrogen-bond donors (Lipinski definition) is 1. The lowest BCUT2D eigenvalue weighted by Gasteiger charge is -2.36. The van der Waals surface area contributed by atoms with Gasteiger partial charge in [0.15, 0.2) is 17.4 Å². The van der Waals surface area contributed by atoms with Gasteiger partial charge >= 0.3 is 11.9 Å². The summed E-state index contributed by atoms with van der Waals surface area (Å²) in [5.74, 6) is -3.92. The fraction of sp³-hybridized carbons (Fsp3) is 0.233. The van der Waals surface area contributed by atoms with Gasteiger partial charge in [0.1, 0.15) is 6.61 Å². The number of halogens is 1. The van der Waals surface area contributed by atoms with Crippen LogP contribution in [-0.2, 0) is 25.7 Å². The number of nitrogens with one attached hydrogen (secondary N) is 1. The molecule has 0 bridgehead atoms. The van der Waals surface area contributed by atoms with E-state index in [1.54, 1.807) is 30.5 Å². The summed E-state index contributed by atoms with van der Waals surface area (Å²) in [7, 11) is 1.51. The Morgan fingerprint density at radius 2 is 1.72 bits per heavy atom. The molecule has 0 saturated carbocycles. The smallest absolute Gasteiger partial charge is 0.324 e. The van der Waals surface area contributed by atoms with Gasteiger partial charge in [-0.1, -0.05) is 52.3 Å². The number of benzene rings is 3. The summed E-state index contributed by atoms with van der Waals surface area (Å²) in [5.41, 5.74) is 3.44. The van der Waals surface area contributed by atoms with Crippen LogP contribution < -0.4 is 9.47 Å². The van der Waals surface area contributed by atoms with E-state index in [1.807, 2.05) is 36.4 Å². The van der Waals surface area contributed by atoms with Crippen LogP contribution in [0.15, 0.2) is 71.3 Å². The Morgan fingerprint density at radius 3 is 2.44 bits per heavy atom. The lowest BCUT2D eigenvalue weighted by molar-refractivity contribution is -0.240. The maximum Gasteiger partial charge on any atom is 0.324 e. The van der Waals surface area contributed by atoms with Gasteiger partial charge in [0.05, 0.1) is 18.7 Å². The molecule has 4 aromatic rings. The van der Waals surface area contributed by atoms with E-state index in [4.69, 9.17) is 18.9 Å². The number of nitrogens with zero attached hydrogens (tertiary/aromatic N) is 1. The predicted octanol–water partition coefficient (Wildman–Crippen LogP) is 5.97. The third-order valence-corrected chi connectivity index (χ3v) is 7.32. The molecule has 1 aromatic heterocycles. The number of H-pyrrole nitrogens is 1. The van der Waals surface area contributed by atoms with Crippen molar-refractivity contribution in [2.75, 3.05) is 7.11 Å². The Kier molecular flexibility index (Phi) is 7.06. The van der Waals surface area contributed by atoms with Crippen molar-refractivity contribution in [3.05, 3.63) is 93.6 Å². The molecule has 198 valence electrons. The number of nitriles is 1. The largest absolute Gasteiger partial charge is 0.493 e. The summed E-state index contributed by atoms with van der Waals surface area (Å²) in [4.78, 5) is 29.8. The van der Waals surface area contributed by atoms with Crippen LogP contribution >= 0.6 is 15.9 Å².